The Morgan fingerprint density at radius 1 is 0.964 bits per heavy atom. The van der Waals surface area contributed by atoms with Gasteiger partial charge in [-0.15, -0.1) is 11.3 Å². The summed E-state index contributed by atoms with van der Waals surface area (Å²) in [6.45, 7) is 3.35. The van der Waals surface area contributed by atoms with Crippen molar-refractivity contribution in [2.75, 3.05) is 5.32 Å². The Bertz CT molecular complexity index is 1010. The zero-order valence-electron chi connectivity index (χ0n) is 15.5. The van der Waals surface area contributed by atoms with Crippen molar-refractivity contribution in [3.63, 3.8) is 0 Å². The van der Waals surface area contributed by atoms with E-state index >= 15 is 0 Å². The van der Waals surface area contributed by atoms with E-state index in [0.717, 1.165) is 4.88 Å². The SMILES string of the molecule is CC(=O)c1cccc(NC(=O)[C@H](OC(=O)c2ccc(C)s2)c2ccccc2)c1. The molecule has 1 aromatic heterocycles. The van der Waals surface area contributed by atoms with Gasteiger partial charge in [-0.3, -0.25) is 9.59 Å². The van der Waals surface area contributed by atoms with Crippen molar-refractivity contribution in [2.45, 2.75) is 20.0 Å². The predicted octanol–water partition coefficient (Wildman–Crippen LogP) is 4.80. The molecule has 0 fully saturated rings. The largest absolute Gasteiger partial charge is 0.443 e. The lowest BCUT2D eigenvalue weighted by Crippen LogP contribution is -2.25. The van der Waals surface area contributed by atoms with Crippen LogP contribution in [0.25, 0.3) is 0 Å². The zero-order chi connectivity index (χ0) is 20.1. The van der Waals surface area contributed by atoms with Crippen LogP contribution in [0.15, 0.2) is 66.7 Å². The molecule has 1 amide bonds. The molecule has 1 atom stereocenters. The highest BCUT2D eigenvalue weighted by Gasteiger charge is 2.26. The number of amides is 1. The number of carbonyl (C=O) groups excluding carboxylic acids is 3. The van der Waals surface area contributed by atoms with E-state index in [4.69, 9.17) is 4.74 Å². The van der Waals surface area contributed by atoms with Crippen molar-refractivity contribution >= 4 is 34.7 Å². The number of carbonyl (C=O) groups is 3. The van der Waals surface area contributed by atoms with Crippen LogP contribution >= 0.6 is 11.3 Å². The highest BCUT2D eigenvalue weighted by Crippen LogP contribution is 2.24. The molecule has 142 valence electrons. The van der Waals surface area contributed by atoms with Crippen LogP contribution in [0, 0.1) is 6.92 Å². The fraction of sp³-hybridized carbons (Fsp3) is 0.136. The molecule has 5 nitrogen and oxygen atoms in total. The third-order valence-corrected chi connectivity index (χ3v) is 5.02. The smallest absolute Gasteiger partial charge is 0.349 e. The van der Waals surface area contributed by atoms with Crippen LogP contribution in [-0.2, 0) is 9.53 Å². The minimum absolute atomic E-state index is 0.102. The van der Waals surface area contributed by atoms with Crippen molar-refractivity contribution < 1.29 is 19.1 Å². The molecule has 0 saturated heterocycles. The molecule has 0 unspecified atom stereocenters. The molecule has 3 rings (SSSR count). The number of hydrogen-bond acceptors (Lipinski definition) is 5. The molecule has 1 N–H and O–H groups in total. The number of ketones is 1. The summed E-state index contributed by atoms with van der Waals surface area (Å²) < 4.78 is 5.54. The van der Waals surface area contributed by atoms with Gasteiger partial charge in [0, 0.05) is 21.7 Å². The van der Waals surface area contributed by atoms with Crippen molar-refractivity contribution in [1.29, 1.82) is 0 Å². The number of Topliss-reactive ketones (excluding diaryl/α,β-unsaturated/α-hetero) is 1. The van der Waals surface area contributed by atoms with Crippen molar-refractivity contribution in [1.82, 2.24) is 0 Å². The molecular formula is C22H19NO4S. The maximum atomic E-state index is 12.9. The van der Waals surface area contributed by atoms with Crippen molar-refractivity contribution in [3.8, 4) is 0 Å². The van der Waals surface area contributed by atoms with Crippen LogP contribution in [0.3, 0.4) is 0 Å². The van der Waals surface area contributed by atoms with E-state index in [9.17, 15) is 14.4 Å². The third-order valence-electron chi connectivity index (χ3n) is 4.04. The van der Waals surface area contributed by atoms with E-state index in [1.54, 1.807) is 54.6 Å². The van der Waals surface area contributed by atoms with Crippen LogP contribution < -0.4 is 5.32 Å². The Hall–Kier alpha value is -3.25. The second-order valence-electron chi connectivity index (χ2n) is 6.23. The Kier molecular flexibility index (Phi) is 6.01. The zero-order valence-corrected chi connectivity index (χ0v) is 16.3. The van der Waals surface area contributed by atoms with Crippen LogP contribution in [0.4, 0.5) is 5.69 Å². The van der Waals surface area contributed by atoms with Gasteiger partial charge >= 0.3 is 5.97 Å². The molecule has 0 spiro atoms. The average molecular weight is 393 g/mol. The first-order valence-electron chi connectivity index (χ1n) is 8.68. The minimum Gasteiger partial charge on any atom is -0.443 e. The summed E-state index contributed by atoms with van der Waals surface area (Å²) >= 11 is 1.31. The lowest BCUT2D eigenvalue weighted by atomic mass is 10.1. The van der Waals surface area contributed by atoms with Crippen molar-refractivity contribution in [3.05, 3.63) is 87.6 Å². The van der Waals surface area contributed by atoms with Gasteiger partial charge in [0.2, 0.25) is 6.10 Å². The molecule has 2 aromatic carbocycles. The van der Waals surface area contributed by atoms with Gasteiger partial charge in [0.25, 0.3) is 5.91 Å². The van der Waals surface area contributed by atoms with Crippen LogP contribution in [0.5, 0.6) is 0 Å². The number of rotatable bonds is 6. The molecule has 1 heterocycles. The van der Waals surface area contributed by atoms with Gasteiger partial charge in [-0.2, -0.15) is 0 Å². The third kappa shape index (κ3) is 4.72. The monoisotopic (exact) mass is 393 g/mol. The molecule has 0 aliphatic carbocycles. The molecule has 3 aromatic rings. The Morgan fingerprint density at radius 2 is 1.71 bits per heavy atom. The second kappa shape index (κ2) is 8.63. The molecule has 0 bridgehead atoms. The van der Waals surface area contributed by atoms with E-state index in [0.29, 0.717) is 21.7 Å². The summed E-state index contributed by atoms with van der Waals surface area (Å²) in [5.41, 5.74) is 1.51. The minimum atomic E-state index is -1.11. The number of nitrogens with one attached hydrogen (secondary N) is 1. The molecular weight excluding hydrogens is 374 g/mol. The number of aryl methyl sites for hydroxylation is 1. The molecule has 6 heteroatoms. The average Bonchev–Trinajstić information content (AvgIpc) is 3.13. The van der Waals surface area contributed by atoms with E-state index < -0.39 is 18.0 Å². The van der Waals surface area contributed by atoms with Gasteiger partial charge in [0.1, 0.15) is 4.88 Å². The first kappa shape index (κ1) is 19.5. The van der Waals surface area contributed by atoms with Gasteiger partial charge in [0.15, 0.2) is 5.78 Å². The first-order chi connectivity index (χ1) is 13.4. The predicted molar refractivity (Wildman–Crippen MR) is 109 cm³/mol. The normalized spacial score (nSPS) is 11.5. The fourth-order valence-electron chi connectivity index (χ4n) is 2.63. The second-order valence-corrected chi connectivity index (χ2v) is 7.52. The number of thiophene rings is 1. The van der Waals surface area contributed by atoms with Gasteiger partial charge in [-0.1, -0.05) is 42.5 Å². The number of benzene rings is 2. The summed E-state index contributed by atoms with van der Waals surface area (Å²) in [4.78, 5) is 38.4. The lowest BCUT2D eigenvalue weighted by Gasteiger charge is -2.18. The highest BCUT2D eigenvalue weighted by molar-refractivity contribution is 7.13. The lowest BCUT2D eigenvalue weighted by molar-refractivity contribution is -0.125. The van der Waals surface area contributed by atoms with E-state index in [2.05, 4.69) is 5.32 Å². The summed E-state index contributed by atoms with van der Waals surface area (Å²) in [7, 11) is 0. The van der Waals surface area contributed by atoms with E-state index in [-0.39, 0.29) is 5.78 Å². The summed E-state index contributed by atoms with van der Waals surface area (Å²) in [6, 6.07) is 18.9. The fourth-order valence-corrected chi connectivity index (χ4v) is 3.38. The van der Waals surface area contributed by atoms with Crippen LogP contribution in [0.2, 0.25) is 0 Å². The molecule has 0 aliphatic heterocycles. The maximum absolute atomic E-state index is 12.9. The van der Waals surface area contributed by atoms with E-state index in [1.165, 1.54) is 18.3 Å². The van der Waals surface area contributed by atoms with Gasteiger partial charge in [0.05, 0.1) is 0 Å². The van der Waals surface area contributed by atoms with E-state index in [1.807, 2.05) is 19.1 Å². The van der Waals surface area contributed by atoms with Crippen LogP contribution in [-0.4, -0.2) is 17.7 Å². The number of esters is 1. The Morgan fingerprint density at radius 3 is 2.36 bits per heavy atom. The summed E-state index contributed by atoms with van der Waals surface area (Å²) in [5, 5.41) is 2.73. The van der Waals surface area contributed by atoms with Gasteiger partial charge in [-0.05, 0) is 38.1 Å². The molecule has 0 aliphatic rings. The molecule has 0 radical (unpaired) electrons. The quantitative estimate of drug-likeness (QED) is 0.482. The first-order valence-corrected chi connectivity index (χ1v) is 9.50. The Balaban J connectivity index is 1.84. The number of hydrogen-bond donors (Lipinski definition) is 1. The molecule has 28 heavy (non-hydrogen) atoms. The molecule has 0 saturated carbocycles. The number of ether oxygens (including phenoxy) is 1. The van der Waals surface area contributed by atoms with Crippen LogP contribution in [0.1, 0.15) is 43.5 Å². The van der Waals surface area contributed by atoms with Gasteiger partial charge in [-0.25, -0.2) is 4.79 Å². The van der Waals surface area contributed by atoms with Crippen molar-refractivity contribution in [2.24, 2.45) is 0 Å². The summed E-state index contributed by atoms with van der Waals surface area (Å²) in [5.74, 6) is -1.15. The highest BCUT2D eigenvalue weighted by atomic mass is 32.1. The Labute approximate surface area is 167 Å². The standard InChI is InChI=1S/C22H19NO4S/c1-14-11-12-19(28-14)22(26)27-20(16-7-4-3-5-8-16)21(25)23-18-10-6-9-17(13-18)15(2)24/h3-13,20H,1-2H3,(H,23,25)/t20-/m1/s1. The summed E-state index contributed by atoms with van der Waals surface area (Å²) in [6.07, 6.45) is -1.11. The maximum Gasteiger partial charge on any atom is 0.349 e. The van der Waals surface area contributed by atoms with Gasteiger partial charge < -0.3 is 10.1 Å². The topological polar surface area (TPSA) is 72.5 Å². The number of anilines is 1.